The van der Waals surface area contributed by atoms with Crippen LogP contribution in [-0.4, -0.2) is 82.2 Å². The number of likely N-dealkylation sites (N-methyl/N-ethyl adjacent to an activating group) is 1. The molecule has 5 fully saturated rings. The molecule has 0 aromatic rings. The van der Waals surface area contributed by atoms with Gasteiger partial charge in [-0.1, -0.05) is 55.5 Å². The average Bonchev–Trinajstić information content (AvgIpc) is 3.73. The zero-order chi connectivity index (χ0) is 31.4. The van der Waals surface area contributed by atoms with Crippen molar-refractivity contribution >= 4 is 39.6 Å². The Morgan fingerprint density at radius 1 is 1.07 bits per heavy atom. The molecule has 44 heavy (non-hydrogen) atoms. The number of halogens is 1. The van der Waals surface area contributed by atoms with Gasteiger partial charge in [0, 0.05) is 42.3 Å². The highest BCUT2D eigenvalue weighted by molar-refractivity contribution is 9.09. The first-order valence-electron chi connectivity index (χ1n) is 17.1. The first kappa shape index (κ1) is 31.9. The summed E-state index contributed by atoms with van der Waals surface area (Å²) in [5.74, 6) is -0.158. The van der Waals surface area contributed by atoms with E-state index in [1.807, 2.05) is 32.7 Å². The molecule has 8 atom stereocenters. The van der Waals surface area contributed by atoms with Gasteiger partial charge in [-0.2, -0.15) is 0 Å². The predicted octanol–water partition coefficient (Wildman–Crippen LogP) is 4.43. The molecule has 3 aliphatic carbocycles. The maximum absolute atomic E-state index is 14.2. The minimum Gasteiger partial charge on any atom is -0.448 e. The number of carbonyl (C=O) groups is 4. The zero-order valence-corrected chi connectivity index (χ0v) is 28.5. The number of hydrogen-bond acceptors (Lipinski definition) is 6. The summed E-state index contributed by atoms with van der Waals surface area (Å²) in [4.78, 5) is 59.2. The van der Waals surface area contributed by atoms with E-state index in [2.05, 4.69) is 32.8 Å². The van der Waals surface area contributed by atoms with Crippen LogP contribution in [0.4, 0.5) is 0 Å². The molecule has 2 saturated heterocycles. The topological polar surface area (TPSA) is 108 Å². The Morgan fingerprint density at radius 3 is 2.50 bits per heavy atom. The van der Waals surface area contributed by atoms with E-state index in [1.165, 1.54) is 31.3 Å². The van der Waals surface area contributed by atoms with Crippen molar-refractivity contribution in [2.45, 2.75) is 133 Å². The number of fused-ring (bicyclic) bond motifs is 3. The molecular weight excluding hydrogens is 624 g/mol. The van der Waals surface area contributed by atoms with Crippen molar-refractivity contribution < 1.29 is 23.9 Å². The molecule has 6 aliphatic rings. The van der Waals surface area contributed by atoms with Crippen LogP contribution in [0.15, 0.2) is 11.8 Å². The summed E-state index contributed by atoms with van der Waals surface area (Å²) in [6.07, 6.45) is 14.1. The number of hydrogen-bond donors (Lipinski definition) is 2. The van der Waals surface area contributed by atoms with Gasteiger partial charge >= 0.3 is 5.97 Å². The normalized spacial score (nSPS) is 37.9. The second-order valence-corrected chi connectivity index (χ2v) is 16.4. The predicted molar refractivity (Wildman–Crippen MR) is 171 cm³/mol. The van der Waals surface area contributed by atoms with Crippen molar-refractivity contribution in [2.24, 2.45) is 22.7 Å². The van der Waals surface area contributed by atoms with Gasteiger partial charge in [-0.25, -0.2) is 0 Å². The molecule has 10 heteroatoms. The maximum Gasteiger partial charge on any atom is 0.313 e. The Bertz CT molecular complexity index is 1220. The van der Waals surface area contributed by atoms with Crippen LogP contribution in [0.25, 0.3) is 0 Å². The lowest BCUT2D eigenvalue weighted by atomic mass is 9.66. The largest absolute Gasteiger partial charge is 0.448 e. The van der Waals surface area contributed by atoms with E-state index >= 15 is 0 Å². The van der Waals surface area contributed by atoms with Crippen molar-refractivity contribution in [1.82, 2.24) is 20.4 Å². The summed E-state index contributed by atoms with van der Waals surface area (Å²) in [6, 6.07) is -0.983. The highest BCUT2D eigenvalue weighted by atomic mass is 79.9. The fourth-order valence-corrected chi connectivity index (χ4v) is 10.1. The average molecular weight is 676 g/mol. The molecule has 0 radical (unpaired) electrons. The van der Waals surface area contributed by atoms with Gasteiger partial charge in [0.2, 0.25) is 11.8 Å². The van der Waals surface area contributed by atoms with E-state index in [1.54, 1.807) is 4.90 Å². The second kappa shape index (κ2) is 11.9. The van der Waals surface area contributed by atoms with Gasteiger partial charge in [-0.3, -0.25) is 19.2 Å². The van der Waals surface area contributed by atoms with Crippen molar-refractivity contribution in [3.05, 3.63) is 11.8 Å². The van der Waals surface area contributed by atoms with E-state index in [4.69, 9.17) is 4.74 Å². The van der Waals surface area contributed by atoms with Crippen LogP contribution in [0.5, 0.6) is 0 Å². The molecule has 8 unspecified atom stereocenters. The molecule has 3 aliphatic heterocycles. The Hall–Kier alpha value is -2.10. The van der Waals surface area contributed by atoms with Crippen LogP contribution in [-0.2, 0) is 23.9 Å². The van der Waals surface area contributed by atoms with Gasteiger partial charge in [0.25, 0.3) is 5.91 Å². The SMILES string of the molecule is CN(CC1CCCCC1Br)C(=O)C(CC1=CNC2CCCCC12)NC(=O)C1CCCN1C(=O)C12CCC(C)(C(=O)O1)C2(C)C. The van der Waals surface area contributed by atoms with Crippen molar-refractivity contribution in [2.75, 3.05) is 20.1 Å². The summed E-state index contributed by atoms with van der Waals surface area (Å²) in [7, 11) is 1.86. The lowest BCUT2D eigenvalue weighted by Crippen LogP contribution is -2.59. The van der Waals surface area contributed by atoms with Crippen LogP contribution < -0.4 is 10.6 Å². The van der Waals surface area contributed by atoms with E-state index in [-0.39, 0.29) is 23.7 Å². The lowest BCUT2D eigenvalue weighted by molar-refractivity contribution is -0.175. The molecule has 2 bridgehead atoms. The van der Waals surface area contributed by atoms with Gasteiger partial charge in [0.1, 0.15) is 12.1 Å². The number of amides is 3. The summed E-state index contributed by atoms with van der Waals surface area (Å²) in [6.45, 7) is 6.89. The van der Waals surface area contributed by atoms with Gasteiger partial charge in [-0.15, -0.1) is 0 Å². The van der Waals surface area contributed by atoms with Crippen molar-refractivity contribution in [3.8, 4) is 0 Å². The molecule has 244 valence electrons. The third-order valence-corrected chi connectivity index (χ3v) is 13.9. The quantitative estimate of drug-likeness (QED) is 0.291. The van der Waals surface area contributed by atoms with Crippen molar-refractivity contribution in [3.63, 3.8) is 0 Å². The first-order chi connectivity index (χ1) is 20.9. The maximum atomic E-state index is 14.2. The minimum absolute atomic E-state index is 0.0735. The number of esters is 1. The van der Waals surface area contributed by atoms with E-state index in [0.29, 0.717) is 67.9 Å². The van der Waals surface area contributed by atoms with Crippen LogP contribution in [0.3, 0.4) is 0 Å². The van der Waals surface area contributed by atoms with Gasteiger partial charge in [-0.05, 0) is 82.4 Å². The zero-order valence-electron chi connectivity index (χ0n) is 27.0. The number of alkyl halides is 1. The van der Waals surface area contributed by atoms with E-state index in [9.17, 15) is 19.2 Å². The molecule has 0 aromatic heterocycles. The first-order valence-corrected chi connectivity index (χ1v) is 18.0. The number of nitrogens with one attached hydrogen (secondary N) is 2. The molecule has 3 heterocycles. The highest BCUT2D eigenvalue weighted by Gasteiger charge is 2.76. The van der Waals surface area contributed by atoms with Crippen LogP contribution in [0.1, 0.15) is 104 Å². The summed E-state index contributed by atoms with van der Waals surface area (Å²) in [5, 5.41) is 6.70. The van der Waals surface area contributed by atoms with Crippen LogP contribution in [0, 0.1) is 22.7 Å². The van der Waals surface area contributed by atoms with Crippen LogP contribution in [0.2, 0.25) is 0 Å². The van der Waals surface area contributed by atoms with Gasteiger partial charge in [0.15, 0.2) is 5.60 Å². The highest BCUT2D eigenvalue weighted by Crippen LogP contribution is 2.66. The Labute approximate surface area is 270 Å². The fraction of sp³-hybridized carbons (Fsp3) is 0.824. The standard InChI is InChI=1S/C34H51BrN4O5/c1-32(2)33(3)15-16-34(32,44-31(33)43)30(42)39-17-9-14-27(39)28(40)37-26(18-22-19-36-25-13-8-6-11-23(22)25)29(41)38(4)20-21-10-5-7-12-24(21)35/h19,21,23-27,36H,5-18,20H2,1-4H3,(H,37,40). The molecule has 0 spiro atoms. The summed E-state index contributed by atoms with van der Waals surface area (Å²) < 4.78 is 5.90. The number of ether oxygens (including phenoxy) is 1. The summed E-state index contributed by atoms with van der Waals surface area (Å²) >= 11 is 3.85. The number of likely N-dealkylation sites (tertiary alicyclic amines) is 1. The monoisotopic (exact) mass is 674 g/mol. The number of rotatable bonds is 8. The van der Waals surface area contributed by atoms with Crippen LogP contribution >= 0.6 is 15.9 Å². The molecule has 9 nitrogen and oxygen atoms in total. The van der Waals surface area contributed by atoms with Crippen molar-refractivity contribution in [1.29, 1.82) is 0 Å². The lowest BCUT2D eigenvalue weighted by Gasteiger charge is -2.39. The molecule has 0 aromatic carbocycles. The third-order valence-electron chi connectivity index (χ3n) is 12.7. The number of carbonyl (C=O) groups excluding carboxylic acids is 4. The Morgan fingerprint density at radius 2 is 1.80 bits per heavy atom. The number of nitrogens with zero attached hydrogens (tertiary/aromatic N) is 2. The Balaban J connectivity index is 1.20. The molecule has 2 N–H and O–H groups in total. The minimum atomic E-state index is -1.25. The van der Waals surface area contributed by atoms with Gasteiger partial charge < -0.3 is 25.2 Å². The van der Waals surface area contributed by atoms with E-state index in [0.717, 1.165) is 25.7 Å². The molecular formula is C34H51BrN4O5. The van der Waals surface area contributed by atoms with E-state index < -0.39 is 28.5 Å². The molecule has 6 rings (SSSR count). The third kappa shape index (κ3) is 5.09. The molecule has 3 amide bonds. The fourth-order valence-electron chi connectivity index (χ4n) is 9.32. The van der Waals surface area contributed by atoms with Gasteiger partial charge in [0.05, 0.1) is 5.41 Å². The Kier molecular flexibility index (Phi) is 8.63. The summed E-state index contributed by atoms with van der Waals surface area (Å²) in [5.41, 5.74) is -1.43. The smallest absolute Gasteiger partial charge is 0.313 e. The second-order valence-electron chi connectivity index (χ2n) is 15.3. The molecule has 3 saturated carbocycles.